The fraction of sp³-hybridized carbons (Fsp3) is 1.00. The first kappa shape index (κ1) is 29.7. The van der Waals surface area contributed by atoms with Crippen molar-refractivity contribution in [2.24, 2.45) is 5.41 Å². The average Bonchev–Trinajstić information content (AvgIpc) is 2.61. The van der Waals surface area contributed by atoms with Crippen LogP contribution in [0.1, 0.15) is 130 Å². The molecule has 182 valence electrons. The minimum Gasteiger partial charge on any atom is -0.381 e. The molecule has 1 nitrogen and oxygen atoms in total. The van der Waals surface area contributed by atoms with Gasteiger partial charge in [0.2, 0.25) is 5.67 Å². The van der Waals surface area contributed by atoms with Gasteiger partial charge in [-0.05, 0) is 38.0 Å². The Balaban J connectivity index is 3.22. The Morgan fingerprint density at radius 1 is 0.467 bits per heavy atom. The molecule has 0 N–H and O–H groups in total. The Bertz CT molecular complexity index is 386. The lowest BCUT2D eigenvalue weighted by Crippen LogP contribution is -2.37. The van der Waals surface area contributed by atoms with Gasteiger partial charge >= 0.3 is 6.18 Å². The van der Waals surface area contributed by atoms with Gasteiger partial charge in [-0.15, -0.1) is 0 Å². The number of rotatable bonds is 19. The van der Waals surface area contributed by atoms with E-state index in [9.17, 15) is 17.6 Å². The molecule has 1 atom stereocenters. The number of unbranched alkanes of at least 4 members (excludes halogenated alkanes) is 13. The molecule has 0 aliphatic carbocycles. The number of alkyl halides is 4. The monoisotopic (exact) mass is 440 g/mol. The van der Waals surface area contributed by atoms with Gasteiger partial charge in [0.15, 0.2) is 0 Å². The van der Waals surface area contributed by atoms with Crippen LogP contribution in [0, 0.1) is 5.41 Å². The molecule has 0 aliphatic heterocycles. The van der Waals surface area contributed by atoms with Crippen LogP contribution in [-0.2, 0) is 4.74 Å². The van der Waals surface area contributed by atoms with Gasteiger partial charge in [-0.25, -0.2) is 4.39 Å². The molecule has 30 heavy (non-hydrogen) atoms. The van der Waals surface area contributed by atoms with Gasteiger partial charge in [-0.3, -0.25) is 0 Å². The molecular weight excluding hydrogens is 392 g/mol. The molecule has 0 aromatic carbocycles. The van der Waals surface area contributed by atoms with Crippen molar-refractivity contribution in [3.8, 4) is 0 Å². The van der Waals surface area contributed by atoms with Crippen LogP contribution in [0.4, 0.5) is 17.6 Å². The predicted molar refractivity (Wildman–Crippen MR) is 120 cm³/mol. The first-order chi connectivity index (χ1) is 14.0. The summed E-state index contributed by atoms with van der Waals surface area (Å²) >= 11 is 0. The van der Waals surface area contributed by atoms with Crippen molar-refractivity contribution < 1.29 is 22.3 Å². The minimum atomic E-state index is -4.74. The van der Waals surface area contributed by atoms with E-state index in [2.05, 4.69) is 20.8 Å². The topological polar surface area (TPSA) is 9.23 Å². The van der Waals surface area contributed by atoms with E-state index in [-0.39, 0.29) is 0 Å². The molecule has 0 saturated carbocycles. The van der Waals surface area contributed by atoms with Crippen LogP contribution in [0.15, 0.2) is 0 Å². The normalized spacial score (nSPS) is 14.8. The van der Waals surface area contributed by atoms with Gasteiger partial charge in [0.1, 0.15) is 0 Å². The summed E-state index contributed by atoms with van der Waals surface area (Å²) in [5, 5.41) is 0. The zero-order valence-electron chi connectivity index (χ0n) is 20.1. The van der Waals surface area contributed by atoms with Crippen molar-refractivity contribution in [2.45, 2.75) is 142 Å². The Kier molecular flexibility index (Phi) is 16.2. The molecule has 0 saturated heterocycles. The van der Waals surface area contributed by atoms with Crippen molar-refractivity contribution in [1.82, 2.24) is 0 Å². The molecule has 5 heteroatoms. The van der Waals surface area contributed by atoms with Crippen molar-refractivity contribution in [2.75, 3.05) is 13.2 Å². The highest BCUT2D eigenvalue weighted by Gasteiger charge is 2.51. The lowest BCUT2D eigenvalue weighted by Gasteiger charge is -2.23. The number of hydrogen-bond donors (Lipinski definition) is 0. The fourth-order valence-corrected chi connectivity index (χ4v) is 3.40. The Morgan fingerprint density at radius 2 is 0.833 bits per heavy atom. The van der Waals surface area contributed by atoms with Crippen LogP contribution in [0.3, 0.4) is 0 Å². The van der Waals surface area contributed by atoms with Crippen LogP contribution in [0.5, 0.6) is 0 Å². The Hall–Kier alpha value is -0.320. The van der Waals surface area contributed by atoms with Crippen LogP contribution < -0.4 is 0 Å². The number of halogens is 4. The van der Waals surface area contributed by atoms with Gasteiger partial charge in [-0.2, -0.15) is 13.2 Å². The molecule has 0 aromatic heterocycles. The lowest BCUT2D eigenvalue weighted by atomic mass is 9.93. The van der Waals surface area contributed by atoms with Gasteiger partial charge in [0.25, 0.3) is 0 Å². The summed E-state index contributed by atoms with van der Waals surface area (Å²) in [4.78, 5) is 0. The predicted octanol–water partition coefficient (Wildman–Crippen LogP) is 9.58. The van der Waals surface area contributed by atoms with Gasteiger partial charge in [0.05, 0.1) is 0 Å². The third kappa shape index (κ3) is 18.4. The quantitative estimate of drug-likeness (QED) is 0.143. The smallest absolute Gasteiger partial charge is 0.381 e. The fourth-order valence-electron chi connectivity index (χ4n) is 3.40. The maximum Gasteiger partial charge on any atom is 0.422 e. The maximum absolute atomic E-state index is 13.4. The second-order valence-corrected chi connectivity index (χ2v) is 10.3. The van der Waals surface area contributed by atoms with Gasteiger partial charge in [0, 0.05) is 13.2 Å². The molecule has 0 bridgehead atoms. The van der Waals surface area contributed by atoms with E-state index in [0.29, 0.717) is 25.2 Å². The van der Waals surface area contributed by atoms with Crippen LogP contribution in [0.25, 0.3) is 0 Å². The standard InChI is InChI=1S/C25H48F4O/c1-23(2,3)20-22-30-21-18-16-14-12-10-8-6-5-7-9-11-13-15-17-19-24(4,26)25(27,28)29/h5-22H2,1-4H3. The summed E-state index contributed by atoms with van der Waals surface area (Å²) in [6.45, 7) is 9.14. The highest BCUT2D eigenvalue weighted by Crippen LogP contribution is 2.37. The van der Waals surface area contributed by atoms with E-state index in [1.807, 2.05) is 0 Å². The average molecular weight is 441 g/mol. The van der Waals surface area contributed by atoms with E-state index >= 15 is 0 Å². The van der Waals surface area contributed by atoms with Crippen LogP contribution in [0.2, 0.25) is 0 Å². The van der Waals surface area contributed by atoms with E-state index in [0.717, 1.165) is 38.9 Å². The summed E-state index contributed by atoms with van der Waals surface area (Å²) < 4.78 is 56.3. The largest absolute Gasteiger partial charge is 0.422 e. The second kappa shape index (κ2) is 16.3. The van der Waals surface area contributed by atoms with Crippen molar-refractivity contribution >= 4 is 0 Å². The third-order valence-corrected chi connectivity index (χ3v) is 5.77. The van der Waals surface area contributed by atoms with Crippen molar-refractivity contribution in [3.05, 3.63) is 0 Å². The van der Waals surface area contributed by atoms with Crippen LogP contribution >= 0.6 is 0 Å². The molecule has 0 radical (unpaired) electrons. The first-order valence-corrected chi connectivity index (χ1v) is 12.3. The summed E-state index contributed by atoms with van der Waals surface area (Å²) in [5.41, 5.74) is -2.68. The Labute approximate surface area is 183 Å². The minimum absolute atomic E-state index is 0.315. The molecule has 0 spiro atoms. The molecular formula is C25H48F4O. The lowest BCUT2D eigenvalue weighted by molar-refractivity contribution is -0.226. The summed E-state index contributed by atoms with van der Waals surface area (Å²) in [5.74, 6) is 0. The second-order valence-electron chi connectivity index (χ2n) is 10.3. The van der Waals surface area contributed by atoms with E-state index < -0.39 is 18.3 Å². The first-order valence-electron chi connectivity index (χ1n) is 12.3. The summed E-state index contributed by atoms with van der Waals surface area (Å²) in [7, 11) is 0. The molecule has 0 rings (SSSR count). The van der Waals surface area contributed by atoms with E-state index in [4.69, 9.17) is 4.74 Å². The van der Waals surface area contributed by atoms with Gasteiger partial charge in [-0.1, -0.05) is 97.8 Å². The van der Waals surface area contributed by atoms with E-state index in [1.165, 1.54) is 57.8 Å². The maximum atomic E-state index is 13.4. The molecule has 1 unspecified atom stereocenters. The zero-order chi connectivity index (χ0) is 22.9. The number of hydrogen-bond acceptors (Lipinski definition) is 1. The highest BCUT2D eigenvalue weighted by atomic mass is 19.4. The summed E-state index contributed by atoms with van der Waals surface area (Å²) in [6, 6.07) is 0. The Morgan fingerprint density at radius 3 is 1.20 bits per heavy atom. The summed E-state index contributed by atoms with van der Waals surface area (Å²) in [6.07, 6.45) is 11.5. The molecule has 0 amide bonds. The molecule has 0 heterocycles. The van der Waals surface area contributed by atoms with E-state index in [1.54, 1.807) is 0 Å². The molecule has 0 aliphatic rings. The molecule has 0 fully saturated rings. The van der Waals surface area contributed by atoms with Crippen molar-refractivity contribution in [3.63, 3.8) is 0 Å². The third-order valence-electron chi connectivity index (χ3n) is 5.77. The highest BCUT2D eigenvalue weighted by molar-refractivity contribution is 4.81. The SMILES string of the molecule is CC(C)(C)CCOCCCCCCCCCCCCCCCCC(C)(F)C(F)(F)F. The zero-order valence-corrected chi connectivity index (χ0v) is 20.1. The van der Waals surface area contributed by atoms with Gasteiger partial charge < -0.3 is 4.74 Å². The van der Waals surface area contributed by atoms with Crippen molar-refractivity contribution in [1.29, 1.82) is 0 Å². The van der Waals surface area contributed by atoms with Crippen LogP contribution in [-0.4, -0.2) is 25.1 Å². The number of ether oxygens (including phenoxy) is 1. The molecule has 0 aromatic rings.